The van der Waals surface area contributed by atoms with E-state index < -0.39 is 12.1 Å². The molecule has 0 radical (unpaired) electrons. The molecule has 0 saturated carbocycles. The van der Waals surface area contributed by atoms with E-state index in [9.17, 15) is 9.59 Å². The highest BCUT2D eigenvalue weighted by molar-refractivity contribution is 5.88. The first-order valence-corrected chi connectivity index (χ1v) is 5.60. The van der Waals surface area contributed by atoms with Gasteiger partial charge >= 0.3 is 12.1 Å². The zero-order valence-corrected chi connectivity index (χ0v) is 10.2. The van der Waals surface area contributed by atoms with Crippen molar-refractivity contribution in [1.29, 1.82) is 0 Å². The van der Waals surface area contributed by atoms with Crippen molar-refractivity contribution < 1.29 is 19.1 Å². The first-order chi connectivity index (χ1) is 8.65. The van der Waals surface area contributed by atoms with Crippen LogP contribution in [0.15, 0.2) is 0 Å². The highest BCUT2D eigenvalue weighted by Crippen LogP contribution is 2.11. The minimum Gasteiger partial charge on any atom is -0.464 e. The number of esters is 1. The summed E-state index contributed by atoms with van der Waals surface area (Å²) in [6.45, 7) is 2.68. The molecule has 1 aliphatic heterocycles. The summed E-state index contributed by atoms with van der Waals surface area (Å²) in [5.41, 5.74) is 0.877. The van der Waals surface area contributed by atoms with Gasteiger partial charge in [-0.25, -0.2) is 14.3 Å². The molecule has 98 valence electrons. The number of cyclic esters (lactones) is 1. The smallest absolute Gasteiger partial charge is 0.407 e. The number of nitrogens with one attached hydrogen (secondary N) is 1. The molecule has 1 N–H and O–H groups in total. The number of carbonyl (C=O) groups is 2. The molecular weight excluding hydrogens is 240 g/mol. The van der Waals surface area contributed by atoms with Crippen LogP contribution in [0.2, 0.25) is 0 Å². The molecule has 1 atom stereocenters. The van der Waals surface area contributed by atoms with Gasteiger partial charge in [0, 0.05) is 0 Å². The van der Waals surface area contributed by atoms with Crippen LogP contribution in [0.4, 0.5) is 4.79 Å². The molecule has 8 nitrogen and oxygen atoms in total. The molecule has 1 aromatic heterocycles. The number of amides is 1. The highest BCUT2D eigenvalue weighted by atomic mass is 16.6. The fourth-order valence-electron chi connectivity index (χ4n) is 1.81. The number of ether oxygens (including phenoxy) is 2. The van der Waals surface area contributed by atoms with Crippen LogP contribution in [0.1, 0.15) is 23.1 Å². The van der Waals surface area contributed by atoms with Gasteiger partial charge in [-0.2, -0.15) is 0 Å². The zero-order valence-electron chi connectivity index (χ0n) is 10.2. The summed E-state index contributed by atoms with van der Waals surface area (Å²) >= 11 is 0. The SMILES string of the molecule is CCc1c(C(=O)OC)nnn1CC1CNC(=O)O1. The fraction of sp³-hybridized carbons (Fsp3) is 0.600. The Bertz CT molecular complexity index is 470. The molecule has 0 aliphatic carbocycles. The maximum absolute atomic E-state index is 11.5. The average Bonchev–Trinajstić information content (AvgIpc) is 2.95. The van der Waals surface area contributed by atoms with Crippen LogP contribution < -0.4 is 5.32 Å². The summed E-state index contributed by atoms with van der Waals surface area (Å²) in [7, 11) is 1.30. The van der Waals surface area contributed by atoms with Crippen molar-refractivity contribution in [3.05, 3.63) is 11.4 Å². The van der Waals surface area contributed by atoms with Crippen LogP contribution >= 0.6 is 0 Å². The molecule has 1 aliphatic rings. The van der Waals surface area contributed by atoms with E-state index in [0.29, 0.717) is 25.2 Å². The normalized spacial score (nSPS) is 18.3. The van der Waals surface area contributed by atoms with Crippen molar-refractivity contribution in [2.24, 2.45) is 0 Å². The van der Waals surface area contributed by atoms with Gasteiger partial charge in [0.2, 0.25) is 0 Å². The van der Waals surface area contributed by atoms with Gasteiger partial charge in [0.15, 0.2) is 5.69 Å². The van der Waals surface area contributed by atoms with Crippen molar-refractivity contribution in [3.8, 4) is 0 Å². The number of hydrogen-bond acceptors (Lipinski definition) is 6. The zero-order chi connectivity index (χ0) is 13.1. The van der Waals surface area contributed by atoms with Gasteiger partial charge in [0.25, 0.3) is 0 Å². The molecule has 1 amide bonds. The quantitative estimate of drug-likeness (QED) is 0.743. The molecule has 2 heterocycles. The van der Waals surface area contributed by atoms with Gasteiger partial charge in [0.05, 0.1) is 25.9 Å². The van der Waals surface area contributed by atoms with Crippen molar-refractivity contribution in [1.82, 2.24) is 20.3 Å². The van der Waals surface area contributed by atoms with Gasteiger partial charge in [-0.15, -0.1) is 5.10 Å². The molecule has 1 aromatic rings. The molecular formula is C10H14N4O4. The Morgan fingerprint density at radius 1 is 1.67 bits per heavy atom. The van der Waals surface area contributed by atoms with Crippen molar-refractivity contribution in [3.63, 3.8) is 0 Å². The van der Waals surface area contributed by atoms with Gasteiger partial charge in [-0.3, -0.25) is 0 Å². The molecule has 2 rings (SSSR count). The summed E-state index contributed by atoms with van der Waals surface area (Å²) in [4.78, 5) is 22.4. The van der Waals surface area contributed by atoms with Crippen molar-refractivity contribution in [2.75, 3.05) is 13.7 Å². The van der Waals surface area contributed by atoms with Gasteiger partial charge in [-0.05, 0) is 6.42 Å². The largest absolute Gasteiger partial charge is 0.464 e. The Labute approximate surface area is 103 Å². The van der Waals surface area contributed by atoms with E-state index in [2.05, 4.69) is 20.4 Å². The topological polar surface area (TPSA) is 95.3 Å². The maximum Gasteiger partial charge on any atom is 0.407 e. The maximum atomic E-state index is 11.5. The van der Waals surface area contributed by atoms with Crippen LogP contribution in [0.25, 0.3) is 0 Å². The molecule has 1 fully saturated rings. The first-order valence-electron chi connectivity index (χ1n) is 5.60. The lowest BCUT2D eigenvalue weighted by atomic mass is 10.2. The van der Waals surface area contributed by atoms with E-state index in [4.69, 9.17) is 4.74 Å². The number of hydrogen-bond donors (Lipinski definition) is 1. The number of aromatic nitrogens is 3. The Morgan fingerprint density at radius 2 is 2.44 bits per heavy atom. The Kier molecular flexibility index (Phi) is 3.45. The second kappa shape index (κ2) is 5.03. The van der Waals surface area contributed by atoms with E-state index in [1.54, 1.807) is 4.68 Å². The van der Waals surface area contributed by atoms with Crippen molar-refractivity contribution in [2.45, 2.75) is 26.0 Å². The average molecular weight is 254 g/mol. The third-order valence-electron chi connectivity index (χ3n) is 2.68. The van der Waals surface area contributed by atoms with E-state index in [-0.39, 0.29) is 11.8 Å². The predicted molar refractivity (Wildman–Crippen MR) is 59.0 cm³/mol. The van der Waals surface area contributed by atoms with Crippen molar-refractivity contribution >= 4 is 12.1 Å². The second-order valence-corrected chi connectivity index (χ2v) is 3.82. The second-order valence-electron chi connectivity index (χ2n) is 3.82. The number of alkyl carbamates (subject to hydrolysis) is 1. The molecule has 0 spiro atoms. The van der Waals surface area contributed by atoms with Gasteiger partial charge in [-0.1, -0.05) is 12.1 Å². The Hall–Kier alpha value is -2.12. The Morgan fingerprint density at radius 3 is 3.00 bits per heavy atom. The predicted octanol–water partition coefficient (Wildman–Crippen LogP) is -0.265. The summed E-state index contributed by atoms with van der Waals surface area (Å²) in [6, 6.07) is 0. The van der Waals surface area contributed by atoms with Crippen LogP contribution in [0.3, 0.4) is 0 Å². The van der Waals surface area contributed by atoms with E-state index in [1.165, 1.54) is 7.11 Å². The lowest BCUT2D eigenvalue weighted by molar-refractivity contribution is 0.0592. The van der Waals surface area contributed by atoms with Crippen LogP contribution in [-0.2, 0) is 22.4 Å². The highest BCUT2D eigenvalue weighted by Gasteiger charge is 2.26. The third kappa shape index (κ3) is 2.27. The molecule has 18 heavy (non-hydrogen) atoms. The minimum atomic E-state index is -0.514. The standard InChI is InChI=1S/C10H14N4O4/c1-3-7-8(9(15)17-2)12-13-14(7)5-6-4-11-10(16)18-6/h6H,3-5H2,1-2H3,(H,11,16). The molecule has 1 saturated heterocycles. The minimum absolute atomic E-state index is 0.206. The number of rotatable bonds is 4. The molecule has 0 aromatic carbocycles. The van der Waals surface area contributed by atoms with Crippen LogP contribution in [0, 0.1) is 0 Å². The van der Waals surface area contributed by atoms with Crippen LogP contribution in [0.5, 0.6) is 0 Å². The lowest BCUT2D eigenvalue weighted by Gasteiger charge is -2.09. The van der Waals surface area contributed by atoms with E-state index >= 15 is 0 Å². The van der Waals surface area contributed by atoms with E-state index in [0.717, 1.165) is 0 Å². The summed E-state index contributed by atoms with van der Waals surface area (Å²) in [5.74, 6) is -0.514. The fourth-order valence-corrected chi connectivity index (χ4v) is 1.81. The van der Waals surface area contributed by atoms with E-state index in [1.807, 2.05) is 6.92 Å². The molecule has 0 bridgehead atoms. The Balaban J connectivity index is 2.15. The lowest BCUT2D eigenvalue weighted by Crippen LogP contribution is -2.22. The summed E-state index contributed by atoms with van der Waals surface area (Å²) in [6.07, 6.45) is -0.146. The first kappa shape index (κ1) is 12.3. The summed E-state index contributed by atoms with van der Waals surface area (Å²) in [5, 5.41) is 10.2. The number of nitrogens with zero attached hydrogens (tertiary/aromatic N) is 3. The molecule has 1 unspecified atom stereocenters. The summed E-state index contributed by atoms with van der Waals surface area (Å²) < 4.78 is 11.2. The monoisotopic (exact) mass is 254 g/mol. The molecule has 8 heteroatoms. The number of carbonyl (C=O) groups excluding carboxylic acids is 2. The van der Waals surface area contributed by atoms with Gasteiger partial charge < -0.3 is 14.8 Å². The number of methoxy groups -OCH3 is 1. The van der Waals surface area contributed by atoms with Gasteiger partial charge in [0.1, 0.15) is 6.10 Å². The van der Waals surface area contributed by atoms with Crippen LogP contribution in [-0.4, -0.2) is 46.8 Å². The third-order valence-corrected chi connectivity index (χ3v) is 2.68.